The smallest absolute Gasteiger partial charge is 0.305 e. The minimum Gasteiger partial charge on any atom is -0.466 e. The highest BCUT2D eigenvalue weighted by molar-refractivity contribution is 5.76. The molecule has 0 saturated carbocycles. The van der Waals surface area contributed by atoms with Gasteiger partial charge in [0.1, 0.15) is 0 Å². The Morgan fingerprint density at radius 3 is 1.22 bits per heavy atom. The molecule has 6 nitrogen and oxygen atoms in total. The number of carbonyl (C=O) groups is 2. The third-order valence-corrected chi connectivity index (χ3v) is 11.4. The van der Waals surface area contributed by atoms with Gasteiger partial charge in [0.05, 0.1) is 25.4 Å². The molecule has 0 aliphatic heterocycles. The number of aliphatic hydroxyl groups is 2. The number of aliphatic hydroxyl groups excluding tert-OH is 2. The summed E-state index contributed by atoms with van der Waals surface area (Å²) < 4.78 is 5.46. The van der Waals surface area contributed by atoms with Crippen molar-refractivity contribution in [3.8, 4) is 0 Å². The number of nitrogens with one attached hydrogen (secondary N) is 1. The number of amides is 1. The third kappa shape index (κ3) is 43.7. The van der Waals surface area contributed by atoms with E-state index in [9.17, 15) is 19.8 Å². The molecule has 0 aliphatic rings. The molecule has 2 unspecified atom stereocenters. The van der Waals surface area contributed by atoms with Crippen LogP contribution in [0.25, 0.3) is 0 Å². The number of unbranched alkanes of at least 4 members (excludes halogenated alkanes) is 31. The Morgan fingerprint density at radius 2 is 0.810 bits per heavy atom. The number of esters is 1. The zero-order valence-corrected chi connectivity index (χ0v) is 38.5. The summed E-state index contributed by atoms with van der Waals surface area (Å²) in [6.07, 6.45) is 57.2. The first-order valence-corrected chi connectivity index (χ1v) is 25.3. The van der Waals surface area contributed by atoms with Crippen LogP contribution in [0.4, 0.5) is 0 Å². The second kappa shape index (κ2) is 47.8. The van der Waals surface area contributed by atoms with E-state index in [0.29, 0.717) is 19.4 Å². The molecule has 2 atom stereocenters. The molecule has 0 aromatic heterocycles. The van der Waals surface area contributed by atoms with Gasteiger partial charge in [-0.25, -0.2) is 0 Å². The maximum Gasteiger partial charge on any atom is 0.305 e. The average molecular weight is 816 g/mol. The van der Waals surface area contributed by atoms with Gasteiger partial charge in [-0.15, -0.1) is 0 Å². The highest BCUT2D eigenvalue weighted by Gasteiger charge is 2.18. The molecule has 0 fully saturated rings. The Morgan fingerprint density at radius 1 is 0.466 bits per heavy atom. The van der Waals surface area contributed by atoms with E-state index in [-0.39, 0.29) is 18.5 Å². The minimum absolute atomic E-state index is 0.0123. The summed E-state index contributed by atoms with van der Waals surface area (Å²) in [5.74, 6) is -0.101. The SMILES string of the molecule is CCCCCCCCC/C=C\CCCCCCCC(=O)OCCCCCCCCC/C=C\CCCCCCCC(=O)NC(CO)C(O)/C=C/CCCCCCCCC. The zero-order chi connectivity index (χ0) is 42.3. The Bertz CT molecular complexity index is 946. The molecular weight excluding hydrogens is 719 g/mol. The molecule has 3 N–H and O–H groups in total. The maximum absolute atomic E-state index is 12.3. The van der Waals surface area contributed by atoms with Crippen molar-refractivity contribution in [3.63, 3.8) is 0 Å². The van der Waals surface area contributed by atoms with Crippen LogP contribution in [-0.2, 0) is 14.3 Å². The molecule has 58 heavy (non-hydrogen) atoms. The van der Waals surface area contributed by atoms with Gasteiger partial charge in [-0.2, -0.15) is 0 Å². The second-order valence-electron chi connectivity index (χ2n) is 17.1. The van der Waals surface area contributed by atoms with Crippen LogP contribution < -0.4 is 5.32 Å². The predicted octanol–water partition coefficient (Wildman–Crippen LogP) is 14.9. The number of carbonyl (C=O) groups excluding carboxylic acids is 2. The maximum atomic E-state index is 12.3. The lowest BCUT2D eigenvalue weighted by molar-refractivity contribution is -0.143. The van der Waals surface area contributed by atoms with Crippen molar-refractivity contribution in [2.24, 2.45) is 0 Å². The van der Waals surface area contributed by atoms with Crippen molar-refractivity contribution >= 4 is 11.9 Å². The van der Waals surface area contributed by atoms with Crippen LogP contribution in [0.3, 0.4) is 0 Å². The first-order chi connectivity index (χ1) is 28.5. The van der Waals surface area contributed by atoms with Crippen molar-refractivity contribution in [1.29, 1.82) is 0 Å². The average Bonchev–Trinajstić information content (AvgIpc) is 3.22. The van der Waals surface area contributed by atoms with Crippen LogP contribution in [0, 0.1) is 0 Å². The fourth-order valence-electron chi connectivity index (χ4n) is 7.44. The molecule has 0 rings (SSSR count). The summed E-state index contributed by atoms with van der Waals surface area (Å²) in [5.41, 5.74) is 0. The van der Waals surface area contributed by atoms with Crippen molar-refractivity contribution in [3.05, 3.63) is 36.5 Å². The van der Waals surface area contributed by atoms with Gasteiger partial charge in [0.25, 0.3) is 0 Å². The molecule has 340 valence electrons. The van der Waals surface area contributed by atoms with E-state index in [4.69, 9.17) is 4.74 Å². The van der Waals surface area contributed by atoms with Gasteiger partial charge in [-0.3, -0.25) is 9.59 Å². The first kappa shape index (κ1) is 56.1. The Labute approximate surface area is 360 Å². The highest BCUT2D eigenvalue weighted by atomic mass is 16.5. The lowest BCUT2D eigenvalue weighted by Crippen LogP contribution is -2.45. The van der Waals surface area contributed by atoms with Gasteiger partial charge in [-0.05, 0) is 83.5 Å². The van der Waals surface area contributed by atoms with E-state index in [0.717, 1.165) is 64.2 Å². The molecule has 0 heterocycles. The van der Waals surface area contributed by atoms with E-state index in [1.807, 2.05) is 6.08 Å². The van der Waals surface area contributed by atoms with Crippen molar-refractivity contribution in [1.82, 2.24) is 5.32 Å². The number of hydrogen-bond donors (Lipinski definition) is 3. The van der Waals surface area contributed by atoms with E-state index in [1.165, 1.54) is 167 Å². The van der Waals surface area contributed by atoms with Crippen LogP contribution in [-0.4, -0.2) is 47.4 Å². The molecule has 0 aromatic carbocycles. The summed E-state index contributed by atoms with van der Waals surface area (Å²) >= 11 is 0. The van der Waals surface area contributed by atoms with Crippen LogP contribution in [0.2, 0.25) is 0 Å². The third-order valence-electron chi connectivity index (χ3n) is 11.4. The molecule has 6 heteroatoms. The quantitative estimate of drug-likeness (QED) is 0.0323. The molecular formula is C52H97NO5. The van der Waals surface area contributed by atoms with Gasteiger partial charge in [-0.1, -0.05) is 198 Å². The highest BCUT2D eigenvalue weighted by Crippen LogP contribution is 2.14. The number of rotatable bonds is 46. The minimum atomic E-state index is -0.853. The second-order valence-corrected chi connectivity index (χ2v) is 17.1. The predicted molar refractivity (Wildman–Crippen MR) is 250 cm³/mol. The number of allylic oxidation sites excluding steroid dienone is 5. The van der Waals surface area contributed by atoms with E-state index in [2.05, 4.69) is 43.5 Å². The largest absolute Gasteiger partial charge is 0.466 e. The van der Waals surface area contributed by atoms with E-state index < -0.39 is 12.1 Å². The number of hydrogen-bond acceptors (Lipinski definition) is 5. The van der Waals surface area contributed by atoms with Crippen molar-refractivity contribution in [2.45, 2.75) is 270 Å². The Kier molecular flexibility index (Phi) is 46.2. The Hall–Kier alpha value is -1.92. The normalized spacial score (nSPS) is 13.0. The lowest BCUT2D eigenvalue weighted by atomic mass is 10.1. The van der Waals surface area contributed by atoms with Gasteiger partial charge >= 0.3 is 5.97 Å². The lowest BCUT2D eigenvalue weighted by Gasteiger charge is -2.20. The summed E-state index contributed by atoms with van der Waals surface area (Å²) in [6.45, 7) is 4.83. The summed E-state index contributed by atoms with van der Waals surface area (Å²) in [5, 5.41) is 22.9. The topological polar surface area (TPSA) is 95.9 Å². The molecule has 0 spiro atoms. The van der Waals surface area contributed by atoms with Gasteiger partial charge < -0.3 is 20.3 Å². The molecule has 0 radical (unpaired) electrons. The van der Waals surface area contributed by atoms with Crippen LogP contribution in [0.5, 0.6) is 0 Å². The fraction of sp³-hybridized carbons (Fsp3) is 0.846. The first-order valence-electron chi connectivity index (χ1n) is 25.3. The number of ether oxygens (including phenoxy) is 1. The van der Waals surface area contributed by atoms with Crippen molar-refractivity contribution in [2.75, 3.05) is 13.2 Å². The van der Waals surface area contributed by atoms with Gasteiger partial charge in [0.2, 0.25) is 5.91 Å². The molecule has 0 aromatic rings. The molecule has 0 aliphatic carbocycles. The van der Waals surface area contributed by atoms with Crippen LogP contribution in [0.1, 0.15) is 258 Å². The summed E-state index contributed by atoms with van der Waals surface area (Å²) in [7, 11) is 0. The summed E-state index contributed by atoms with van der Waals surface area (Å²) in [4.78, 5) is 24.4. The standard InChI is InChI=1S/C52H97NO5/c1-3-5-7-9-11-13-14-15-16-20-23-26-30-34-38-42-46-52(57)58-47-43-39-35-31-27-24-21-18-17-19-22-25-29-33-37-41-45-51(56)53-49(48-54)50(55)44-40-36-32-28-12-10-8-6-4-2/h16-17,19-20,40,44,49-50,54-55H,3-15,18,21-39,41-43,45-48H2,1-2H3,(H,53,56)/b19-17-,20-16-,44-40+. The molecule has 0 saturated heterocycles. The monoisotopic (exact) mass is 816 g/mol. The van der Waals surface area contributed by atoms with Crippen LogP contribution >= 0.6 is 0 Å². The molecule has 1 amide bonds. The van der Waals surface area contributed by atoms with Crippen LogP contribution in [0.15, 0.2) is 36.5 Å². The zero-order valence-electron chi connectivity index (χ0n) is 38.5. The van der Waals surface area contributed by atoms with E-state index >= 15 is 0 Å². The van der Waals surface area contributed by atoms with E-state index in [1.54, 1.807) is 6.08 Å². The fourth-order valence-corrected chi connectivity index (χ4v) is 7.44. The Balaban J connectivity index is 3.47. The van der Waals surface area contributed by atoms with Gasteiger partial charge in [0, 0.05) is 12.8 Å². The summed E-state index contributed by atoms with van der Waals surface area (Å²) in [6, 6.07) is -0.638. The van der Waals surface area contributed by atoms with Gasteiger partial charge in [0.15, 0.2) is 0 Å². The van der Waals surface area contributed by atoms with Crippen molar-refractivity contribution < 1.29 is 24.5 Å². The molecule has 0 bridgehead atoms.